The molecule has 4 heteroatoms. The Hall–Kier alpha value is 3.02. The fourth-order valence-electron chi connectivity index (χ4n) is 0. The molecule has 0 fully saturated rings. The Kier molecular flexibility index (Phi) is 65.4. The van der Waals surface area contributed by atoms with Crippen LogP contribution in [0.1, 0.15) is 0 Å². The Bertz CT molecular complexity index is 8.00. The zero-order valence-electron chi connectivity index (χ0n) is 1.79. The van der Waals surface area contributed by atoms with Gasteiger partial charge in [-0.2, -0.15) is 0 Å². The third-order valence-electron chi connectivity index (χ3n) is 0. The van der Waals surface area contributed by atoms with Gasteiger partial charge in [-0.3, -0.25) is 0 Å². The fraction of sp³-hybridized carbons (Fsp3) is 0. The third kappa shape index (κ3) is 8.90. The Balaban J connectivity index is -0.00000000500. The normalized spacial score (nSPS) is 1.75. The molecule has 0 aliphatic carbocycles. The van der Waals surface area contributed by atoms with Crippen LogP contribution >= 0.6 is 0 Å². The molecule has 0 aliphatic rings. The van der Waals surface area contributed by atoms with Gasteiger partial charge >= 0.3 is 61.5 Å². The average Bonchev–Trinajstić information content (AvgIpc) is 1.00. The average molecular weight is 642 g/mol. The molecule has 0 amide bonds. The van der Waals surface area contributed by atoms with Gasteiger partial charge in [-0.15, -0.1) is 0 Å². The molecule has 35 valence electrons. The molecule has 0 atom stereocenters. The summed E-state index contributed by atoms with van der Waals surface area (Å²) in [7, 11) is 0. The number of hydrogen-bond acceptors (Lipinski definition) is 0. The molecule has 0 spiro atoms. The van der Waals surface area contributed by atoms with Gasteiger partial charge in [-0.25, -0.2) is 0 Å². The van der Waals surface area contributed by atoms with Gasteiger partial charge in [0.25, 0.3) is 0 Å². The number of hydrogen-bond donors (Lipinski definition) is 0. The Morgan fingerprint density at radius 1 is 1.25 bits per heavy atom. The summed E-state index contributed by atoms with van der Waals surface area (Å²) in [6.45, 7) is 0. The van der Waals surface area contributed by atoms with E-state index in [4.69, 9.17) is 0 Å². The molecular weight excluding hydrogens is 638 g/mol. The molecular formula is H4BiPdPtTe. The quantitative estimate of drug-likeness (QED) is 0.273. The van der Waals surface area contributed by atoms with E-state index in [1.807, 2.05) is 0 Å². The molecule has 0 heterocycles. The molecule has 0 unspecified atom stereocenters. The zero-order valence-corrected chi connectivity index (χ0v) is 13.7. The maximum absolute atomic E-state index is 2.19. The molecule has 0 radical (unpaired) electrons. The van der Waals surface area contributed by atoms with Gasteiger partial charge in [0.2, 0.25) is 0 Å². The van der Waals surface area contributed by atoms with E-state index in [1.165, 1.54) is 0 Å². The van der Waals surface area contributed by atoms with Gasteiger partial charge in [-0.05, 0) is 0 Å². The van der Waals surface area contributed by atoms with Crippen LogP contribution in [0, 0.1) is 0 Å². The molecule has 0 bridgehead atoms. The van der Waals surface area contributed by atoms with E-state index < -0.39 is 0 Å². The van der Waals surface area contributed by atoms with Crippen LogP contribution in [-0.4, -0.2) is 45.3 Å². The van der Waals surface area contributed by atoms with Gasteiger partial charge in [0.05, 0.1) is 0 Å². The van der Waals surface area contributed by atoms with Crippen LogP contribution in [0.2, 0.25) is 0 Å². The van der Waals surface area contributed by atoms with Crippen molar-refractivity contribution in [1.29, 1.82) is 0 Å². The van der Waals surface area contributed by atoms with Gasteiger partial charge < -0.3 is 0 Å². The van der Waals surface area contributed by atoms with Crippen LogP contribution in [-0.2, 0) is 36.6 Å². The molecule has 0 nitrogen and oxygen atoms in total. The molecule has 0 aromatic carbocycles. The summed E-state index contributed by atoms with van der Waals surface area (Å²) in [5.74, 6) is 0. The fourth-order valence-corrected chi connectivity index (χ4v) is 0. The predicted octanol–water partition coefficient (Wildman–Crippen LogP) is -1.84. The molecule has 4 heavy (non-hydrogen) atoms. The summed E-state index contributed by atoms with van der Waals surface area (Å²) in [5.41, 5.74) is 0. The third-order valence-corrected chi connectivity index (χ3v) is 0. The van der Waals surface area contributed by atoms with E-state index in [2.05, 4.69) is 16.2 Å². The van der Waals surface area contributed by atoms with Crippen molar-refractivity contribution in [3.05, 3.63) is 0 Å². The van der Waals surface area contributed by atoms with E-state index in [0.29, 0.717) is 0 Å². The maximum atomic E-state index is 2.19. The molecule has 0 aromatic rings. The summed E-state index contributed by atoms with van der Waals surface area (Å²) >= 11 is 3.91. The standard InChI is InChI=1S/Bi.Pd.Pt.H2Te.3H/h;;;1H2;;;/q;;+1;;;;/p-1. The monoisotopic (exact) mass is 644 g/mol. The minimum atomic E-state index is 0. The van der Waals surface area contributed by atoms with Gasteiger partial charge in [0.15, 0.2) is 0 Å². The van der Waals surface area contributed by atoms with Crippen molar-refractivity contribution in [1.82, 2.24) is 0 Å². The van der Waals surface area contributed by atoms with E-state index >= 15 is 0 Å². The van der Waals surface area contributed by atoms with Crippen molar-refractivity contribution in [3.63, 3.8) is 0 Å². The Labute approximate surface area is 80.2 Å². The summed E-state index contributed by atoms with van der Waals surface area (Å²) in [4.78, 5) is 0. The first-order chi connectivity index (χ1) is 1.00. The Morgan fingerprint density at radius 2 is 1.25 bits per heavy atom. The van der Waals surface area contributed by atoms with E-state index in [-0.39, 0.29) is 46.6 Å². The molecule has 0 rings (SSSR count). The van der Waals surface area contributed by atoms with Crippen molar-refractivity contribution < 1.29 is 36.6 Å². The van der Waals surface area contributed by atoms with E-state index in [1.54, 1.807) is 19.1 Å². The van der Waals surface area contributed by atoms with Gasteiger partial charge in [0.1, 0.15) is 0 Å². The van der Waals surface area contributed by atoms with E-state index in [9.17, 15) is 0 Å². The topological polar surface area (TPSA) is 0 Å². The molecule has 0 saturated heterocycles. The van der Waals surface area contributed by atoms with E-state index in [0.717, 1.165) is 0 Å². The predicted molar refractivity (Wildman–Crippen MR) is 17.1 cm³/mol. The minimum absolute atomic E-state index is 0. The second-order valence-electron chi connectivity index (χ2n) is 0. The zero-order chi connectivity index (χ0) is 2.00. The summed E-state index contributed by atoms with van der Waals surface area (Å²) < 4.78 is 0. The van der Waals surface area contributed by atoms with Crippen LogP contribution < -0.4 is 0 Å². The molecule has 0 N–H and O–H groups in total. The second kappa shape index (κ2) is 16.6. The van der Waals surface area contributed by atoms with Gasteiger partial charge in [-0.1, -0.05) is 0 Å². The molecule has 0 aliphatic heterocycles. The van der Waals surface area contributed by atoms with Gasteiger partial charge in [0, 0.05) is 20.4 Å². The van der Waals surface area contributed by atoms with Crippen molar-refractivity contribution >= 4 is 45.3 Å². The summed E-state index contributed by atoms with van der Waals surface area (Å²) in [6.07, 6.45) is 0. The SMILES string of the molecule is [BiH3].[Pd].[TeH][Pt]. The van der Waals surface area contributed by atoms with Crippen LogP contribution in [0.3, 0.4) is 0 Å². The molecule has 0 saturated carbocycles. The van der Waals surface area contributed by atoms with Crippen LogP contribution in [0.4, 0.5) is 0 Å². The first kappa shape index (κ1) is 15.7. The van der Waals surface area contributed by atoms with Crippen molar-refractivity contribution in [3.8, 4) is 0 Å². The second-order valence-corrected chi connectivity index (χ2v) is 0. The van der Waals surface area contributed by atoms with Crippen LogP contribution in [0.25, 0.3) is 0 Å². The Morgan fingerprint density at radius 3 is 1.25 bits per heavy atom. The molecule has 0 aromatic heterocycles. The van der Waals surface area contributed by atoms with Crippen LogP contribution in [0.5, 0.6) is 0 Å². The van der Waals surface area contributed by atoms with Crippen molar-refractivity contribution in [2.24, 2.45) is 0 Å². The first-order valence-electron chi connectivity index (χ1n) is 0.141. The summed E-state index contributed by atoms with van der Waals surface area (Å²) in [6, 6.07) is 0. The first-order valence-corrected chi connectivity index (χ1v) is 7.77. The number of rotatable bonds is 0. The summed E-state index contributed by atoms with van der Waals surface area (Å²) in [5, 5.41) is 0. The van der Waals surface area contributed by atoms with Crippen LogP contribution in [0.15, 0.2) is 0 Å². The van der Waals surface area contributed by atoms with Crippen molar-refractivity contribution in [2.45, 2.75) is 0 Å². The van der Waals surface area contributed by atoms with Crippen molar-refractivity contribution in [2.75, 3.05) is 0 Å².